The summed E-state index contributed by atoms with van der Waals surface area (Å²) in [7, 11) is 0. The number of furan rings is 1. The monoisotopic (exact) mass is 233 g/mol. The van der Waals surface area contributed by atoms with Gasteiger partial charge in [0.05, 0.1) is 6.42 Å². The van der Waals surface area contributed by atoms with E-state index in [9.17, 15) is 4.79 Å². The van der Waals surface area contributed by atoms with Crippen molar-refractivity contribution in [2.75, 3.05) is 6.54 Å². The highest BCUT2D eigenvalue weighted by atomic mass is 16.4. The van der Waals surface area contributed by atoms with Gasteiger partial charge in [0.25, 0.3) is 0 Å². The summed E-state index contributed by atoms with van der Waals surface area (Å²) in [6.45, 7) is 2.23. The zero-order valence-corrected chi connectivity index (χ0v) is 9.64. The quantitative estimate of drug-likeness (QED) is 0.849. The van der Waals surface area contributed by atoms with Crippen molar-refractivity contribution in [1.29, 1.82) is 0 Å². The molecular weight excluding hydrogens is 218 g/mol. The molecule has 0 saturated carbocycles. The average Bonchev–Trinajstić information content (AvgIpc) is 2.70. The number of aryl methyl sites for hydroxylation is 1. The predicted molar refractivity (Wildman–Crippen MR) is 65.0 cm³/mol. The summed E-state index contributed by atoms with van der Waals surface area (Å²) in [5.74, 6) is -0.476. The molecule has 4 heteroatoms. The smallest absolute Gasteiger partial charge is 0.304 e. The lowest BCUT2D eigenvalue weighted by atomic mass is 10.0. The minimum absolute atomic E-state index is 0.00459. The SMILES string of the molecule is Cc1cccc2cc(C(CN)CC(=O)O)oc12. The van der Waals surface area contributed by atoms with E-state index in [1.165, 1.54) is 0 Å². The molecule has 17 heavy (non-hydrogen) atoms. The number of carboxylic acids is 1. The Morgan fingerprint density at radius 2 is 2.29 bits per heavy atom. The van der Waals surface area contributed by atoms with Crippen molar-refractivity contribution in [3.8, 4) is 0 Å². The number of nitrogens with two attached hydrogens (primary N) is 1. The first-order valence-electron chi connectivity index (χ1n) is 5.52. The third-order valence-corrected chi connectivity index (χ3v) is 2.87. The molecule has 2 aromatic rings. The van der Waals surface area contributed by atoms with Gasteiger partial charge in [-0.1, -0.05) is 18.2 Å². The Morgan fingerprint density at radius 3 is 2.88 bits per heavy atom. The molecule has 1 aromatic heterocycles. The first-order valence-corrected chi connectivity index (χ1v) is 5.52. The Kier molecular flexibility index (Phi) is 3.15. The van der Waals surface area contributed by atoms with Gasteiger partial charge in [0, 0.05) is 17.8 Å². The number of hydrogen-bond donors (Lipinski definition) is 2. The molecule has 4 nitrogen and oxygen atoms in total. The fourth-order valence-electron chi connectivity index (χ4n) is 1.94. The van der Waals surface area contributed by atoms with Gasteiger partial charge >= 0.3 is 5.97 Å². The minimum Gasteiger partial charge on any atom is -0.481 e. The van der Waals surface area contributed by atoms with Gasteiger partial charge < -0.3 is 15.3 Å². The second kappa shape index (κ2) is 4.59. The van der Waals surface area contributed by atoms with E-state index in [0.717, 1.165) is 16.5 Å². The van der Waals surface area contributed by atoms with Crippen LogP contribution in [0, 0.1) is 6.92 Å². The van der Waals surface area contributed by atoms with Crippen LogP contribution in [0.25, 0.3) is 11.0 Å². The zero-order valence-electron chi connectivity index (χ0n) is 9.64. The standard InChI is InChI=1S/C13H15NO3/c1-8-3-2-4-9-5-11(17-13(8)9)10(7-14)6-12(15)16/h2-5,10H,6-7,14H2,1H3,(H,15,16). The Balaban J connectivity index is 2.41. The molecule has 0 saturated heterocycles. The molecule has 1 aromatic carbocycles. The van der Waals surface area contributed by atoms with Crippen molar-refractivity contribution in [3.63, 3.8) is 0 Å². The molecule has 2 rings (SSSR count). The topological polar surface area (TPSA) is 76.5 Å². The number of benzene rings is 1. The van der Waals surface area contributed by atoms with Gasteiger partial charge in [-0.05, 0) is 18.6 Å². The third kappa shape index (κ3) is 2.31. The van der Waals surface area contributed by atoms with E-state index in [-0.39, 0.29) is 18.9 Å². The van der Waals surface area contributed by atoms with Gasteiger partial charge in [-0.2, -0.15) is 0 Å². The molecule has 0 aliphatic rings. The number of rotatable bonds is 4. The molecule has 1 unspecified atom stereocenters. The maximum Gasteiger partial charge on any atom is 0.304 e. The molecule has 0 fully saturated rings. The van der Waals surface area contributed by atoms with E-state index in [2.05, 4.69) is 0 Å². The number of carboxylic acid groups (broad SMARTS) is 1. The van der Waals surface area contributed by atoms with Crippen molar-refractivity contribution in [1.82, 2.24) is 0 Å². The van der Waals surface area contributed by atoms with Crippen LogP contribution in [-0.4, -0.2) is 17.6 Å². The van der Waals surface area contributed by atoms with Crippen LogP contribution in [0.15, 0.2) is 28.7 Å². The Labute approximate surface area is 99.0 Å². The summed E-state index contributed by atoms with van der Waals surface area (Å²) in [5.41, 5.74) is 7.44. The van der Waals surface area contributed by atoms with Gasteiger partial charge in [0.15, 0.2) is 0 Å². The van der Waals surface area contributed by atoms with E-state index in [1.54, 1.807) is 0 Å². The normalized spacial score (nSPS) is 12.8. The minimum atomic E-state index is -0.863. The maximum atomic E-state index is 10.7. The molecule has 1 atom stereocenters. The highest BCUT2D eigenvalue weighted by molar-refractivity contribution is 5.81. The average molecular weight is 233 g/mol. The van der Waals surface area contributed by atoms with Gasteiger partial charge in [-0.3, -0.25) is 4.79 Å². The lowest BCUT2D eigenvalue weighted by Gasteiger charge is -2.07. The van der Waals surface area contributed by atoms with Crippen molar-refractivity contribution < 1.29 is 14.3 Å². The number of para-hydroxylation sites is 1. The van der Waals surface area contributed by atoms with Crippen LogP contribution < -0.4 is 5.73 Å². The largest absolute Gasteiger partial charge is 0.481 e. The molecule has 0 aliphatic heterocycles. The third-order valence-electron chi connectivity index (χ3n) is 2.87. The highest BCUT2D eigenvalue weighted by Crippen LogP contribution is 2.28. The molecular formula is C13H15NO3. The Hall–Kier alpha value is -1.81. The lowest BCUT2D eigenvalue weighted by molar-refractivity contribution is -0.137. The summed E-state index contributed by atoms with van der Waals surface area (Å²) in [6.07, 6.45) is -0.00459. The van der Waals surface area contributed by atoms with Gasteiger partial charge in [-0.25, -0.2) is 0 Å². The fraction of sp³-hybridized carbons (Fsp3) is 0.308. The molecule has 0 amide bonds. The second-order valence-electron chi connectivity index (χ2n) is 4.17. The number of carbonyl (C=O) groups is 1. The van der Waals surface area contributed by atoms with E-state index in [4.69, 9.17) is 15.3 Å². The number of fused-ring (bicyclic) bond motifs is 1. The van der Waals surface area contributed by atoms with Crippen LogP contribution in [0.1, 0.15) is 23.7 Å². The Morgan fingerprint density at radius 1 is 1.53 bits per heavy atom. The first-order chi connectivity index (χ1) is 8.11. The van der Waals surface area contributed by atoms with E-state index >= 15 is 0 Å². The first kappa shape index (κ1) is 11.7. The molecule has 90 valence electrons. The lowest BCUT2D eigenvalue weighted by Crippen LogP contribution is -2.15. The van der Waals surface area contributed by atoms with Crippen LogP contribution in [-0.2, 0) is 4.79 Å². The molecule has 1 heterocycles. The number of aliphatic carboxylic acids is 1. The van der Waals surface area contributed by atoms with Gasteiger partial charge in [0.1, 0.15) is 11.3 Å². The van der Waals surface area contributed by atoms with E-state index in [1.807, 2.05) is 31.2 Å². The van der Waals surface area contributed by atoms with Crippen LogP contribution in [0.2, 0.25) is 0 Å². The van der Waals surface area contributed by atoms with Crippen molar-refractivity contribution in [2.45, 2.75) is 19.3 Å². The highest BCUT2D eigenvalue weighted by Gasteiger charge is 2.18. The summed E-state index contributed by atoms with van der Waals surface area (Å²) in [4.78, 5) is 10.7. The molecule has 0 radical (unpaired) electrons. The molecule has 0 bridgehead atoms. The molecule has 3 N–H and O–H groups in total. The van der Waals surface area contributed by atoms with Gasteiger partial charge in [0.2, 0.25) is 0 Å². The Bertz CT molecular complexity index is 545. The predicted octanol–water partition coefficient (Wildman–Crippen LogP) is 2.26. The van der Waals surface area contributed by atoms with Gasteiger partial charge in [-0.15, -0.1) is 0 Å². The summed E-state index contributed by atoms with van der Waals surface area (Å²) < 4.78 is 5.71. The van der Waals surface area contributed by atoms with Crippen LogP contribution >= 0.6 is 0 Å². The van der Waals surface area contributed by atoms with Crippen LogP contribution in [0.5, 0.6) is 0 Å². The fourth-order valence-corrected chi connectivity index (χ4v) is 1.94. The van der Waals surface area contributed by atoms with Crippen molar-refractivity contribution in [3.05, 3.63) is 35.6 Å². The summed E-state index contributed by atoms with van der Waals surface area (Å²) in [5, 5.41) is 9.80. The van der Waals surface area contributed by atoms with Crippen molar-refractivity contribution in [2.24, 2.45) is 5.73 Å². The summed E-state index contributed by atoms with van der Waals surface area (Å²) in [6, 6.07) is 7.74. The maximum absolute atomic E-state index is 10.7. The number of hydrogen-bond acceptors (Lipinski definition) is 3. The van der Waals surface area contributed by atoms with E-state index < -0.39 is 5.97 Å². The van der Waals surface area contributed by atoms with Crippen LogP contribution in [0.3, 0.4) is 0 Å². The molecule has 0 spiro atoms. The molecule has 0 aliphatic carbocycles. The van der Waals surface area contributed by atoms with E-state index in [0.29, 0.717) is 5.76 Å². The second-order valence-corrected chi connectivity index (χ2v) is 4.17. The van der Waals surface area contributed by atoms with Crippen LogP contribution in [0.4, 0.5) is 0 Å². The van der Waals surface area contributed by atoms with Crippen molar-refractivity contribution >= 4 is 16.9 Å². The zero-order chi connectivity index (χ0) is 12.4. The summed E-state index contributed by atoms with van der Waals surface area (Å²) >= 11 is 0.